The summed E-state index contributed by atoms with van der Waals surface area (Å²) in [7, 11) is 0. The number of rotatable bonds is 3. The van der Waals surface area contributed by atoms with Crippen LogP contribution >= 0.6 is 0 Å². The molecule has 1 heterocycles. The van der Waals surface area contributed by atoms with E-state index in [1.54, 1.807) is 24.3 Å². The van der Waals surface area contributed by atoms with Gasteiger partial charge in [-0.15, -0.1) is 0 Å². The molecule has 0 aliphatic carbocycles. The molecule has 0 bridgehead atoms. The second kappa shape index (κ2) is 4.65. The molecule has 0 amide bonds. The topological polar surface area (TPSA) is 67.5 Å². The van der Waals surface area contributed by atoms with Gasteiger partial charge in [0, 0.05) is 12.0 Å². The van der Waals surface area contributed by atoms with Gasteiger partial charge in [0.15, 0.2) is 0 Å². The molecule has 0 radical (unpaired) electrons. The van der Waals surface area contributed by atoms with Crippen LogP contribution in [0.25, 0.3) is 0 Å². The van der Waals surface area contributed by atoms with Crippen LogP contribution in [0.15, 0.2) is 51.9 Å². The summed E-state index contributed by atoms with van der Waals surface area (Å²) in [6.07, 6.45) is 1.77. The van der Waals surface area contributed by atoms with Gasteiger partial charge in [0.05, 0.1) is 11.8 Å². The standard InChI is InChI=1S/C13H10O4/c14-12(15)10-5-3-9(4-6-10)8-11-2-1-7-17-13(11)16/h1-7H,8H2,(H,14,15). The van der Waals surface area contributed by atoms with E-state index < -0.39 is 5.97 Å². The van der Waals surface area contributed by atoms with Gasteiger partial charge in [0.25, 0.3) is 0 Å². The second-order valence-electron chi connectivity index (χ2n) is 3.60. The zero-order valence-electron chi connectivity index (χ0n) is 8.92. The third-order valence-corrected chi connectivity index (χ3v) is 2.41. The highest BCUT2D eigenvalue weighted by Crippen LogP contribution is 2.08. The number of carboxylic acids is 1. The van der Waals surface area contributed by atoms with E-state index in [4.69, 9.17) is 9.52 Å². The largest absolute Gasteiger partial charge is 0.478 e. The SMILES string of the molecule is O=C(O)c1ccc(Cc2cccoc2=O)cc1. The normalized spacial score (nSPS) is 10.1. The molecular weight excluding hydrogens is 220 g/mol. The van der Waals surface area contributed by atoms with E-state index in [2.05, 4.69) is 0 Å². The number of carbonyl (C=O) groups is 1. The first kappa shape index (κ1) is 11.1. The lowest BCUT2D eigenvalue weighted by Crippen LogP contribution is -2.06. The molecule has 0 fully saturated rings. The average Bonchev–Trinajstić information content (AvgIpc) is 2.33. The van der Waals surface area contributed by atoms with Crippen LogP contribution in [0.4, 0.5) is 0 Å². The lowest BCUT2D eigenvalue weighted by molar-refractivity contribution is 0.0697. The molecule has 0 saturated carbocycles. The molecule has 17 heavy (non-hydrogen) atoms. The maximum absolute atomic E-state index is 11.3. The van der Waals surface area contributed by atoms with E-state index in [1.165, 1.54) is 18.4 Å². The van der Waals surface area contributed by atoms with Gasteiger partial charge in [-0.3, -0.25) is 0 Å². The van der Waals surface area contributed by atoms with Crippen molar-refractivity contribution in [2.24, 2.45) is 0 Å². The van der Waals surface area contributed by atoms with Gasteiger partial charge in [0.2, 0.25) is 0 Å². The Balaban J connectivity index is 2.23. The smallest absolute Gasteiger partial charge is 0.339 e. The third kappa shape index (κ3) is 2.60. The van der Waals surface area contributed by atoms with Crippen molar-refractivity contribution < 1.29 is 14.3 Å². The van der Waals surface area contributed by atoms with Crippen molar-refractivity contribution in [3.8, 4) is 0 Å². The Bertz CT molecular complexity index is 581. The number of hydrogen-bond donors (Lipinski definition) is 1. The van der Waals surface area contributed by atoms with Crippen molar-refractivity contribution in [1.29, 1.82) is 0 Å². The Morgan fingerprint density at radius 1 is 1.18 bits per heavy atom. The van der Waals surface area contributed by atoms with E-state index in [9.17, 15) is 9.59 Å². The second-order valence-corrected chi connectivity index (χ2v) is 3.60. The molecule has 0 saturated heterocycles. The monoisotopic (exact) mass is 230 g/mol. The van der Waals surface area contributed by atoms with Crippen LogP contribution in [-0.2, 0) is 6.42 Å². The van der Waals surface area contributed by atoms with Crippen LogP contribution < -0.4 is 5.63 Å². The van der Waals surface area contributed by atoms with Crippen LogP contribution in [0, 0.1) is 0 Å². The number of benzene rings is 1. The Morgan fingerprint density at radius 2 is 1.88 bits per heavy atom. The lowest BCUT2D eigenvalue weighted by Gasteiger charge is -2.00. The van der Waals surface area contributed by atoms with Crippen molar-refractivity contribution in [3.05, 3.63) is 69.8 Å². The zero-order valence-corrected chi connectivity index (χ0v) is 8.92. The highest BCUT2D eigenvalue weighted by atomic mass is 16.4. The highest BCUT2D eigenvalue weighted by molar-refractivity contribution is 5.87. The van der Waals surface area contributed by atoms with Crippen LogP contribution in [0.2, 0.25) is 0 Å². The van der Waals surface area contributed by atoms with Gasteiger partial charge >= 0.3 is 11.6 Å². The molecule has 1 N–H and O–H groups in total. The first-order valence-electron chi connectivity index (χ1n) is 5.06. The van der Waals surface area contributed by atoms with Gasteiger partial charge in [0.1, 0.15) is 0 Å². The predicted octanol–water partition coefficient (Wildman–Crippen LogP) is 1.93. The quantitative estimate of drug-likeness (QED) is 0.874. The molecular formula is C13H10O4. The minimum absolute atomic E-state index is 0.230. The summed E-state index contributed by atoms with van der Waals surface area (Å²) in [6.45, 7) is 0. The first-order chi connectivity index (χ1) is 8.16. The minimum atomic E-state index is -0.962. The number of carboxylic acid groups (broad SMARTS) is 1. The van der Waals surface area contributed by atoms with Crippen LogP contribution in [0.3, 0.4) is 0 Å². The molecule has 0 atom stereocenters. The Labute approximate surface area is 97.1 Å². The van der Waals surface area contributed by atoms with Gasteiger partial charge in [-0.25, -0.2) is 9.59 Å². The molecule has 2 aromatic rings. The molecule has 2 rings (SSSR count). The van der Waals surface area contributed by atoms with Crippen LogP contribution in [0.1, 0.15) is 21.5 Å². The van der Waals surface area contributed by atoms with Gasteiger partial charge < -0.3 is 9.52 Å². The summed E-state index contributed by atoms with van der Waals surface area (Å²) in [6, 6.07) is 9.76. The summed E-state index contributed by atoms with van der Waals surface area (Å²) >= 11 is 0. The van der Waals surface area contributed by atoms with Crippen LogP contribution in [-0.4, -0.2) is 11.1 Å². The van der Waals surface area contributed by atoms with Crippen molar-refractivity contribution >= 4 is 5.97 Å². The Kier molecular flexibility index (Phi) is 3.05. The maximum atomic E-state index is 11.3. The van der Waals surface area contributed by atoms with Crippen molar-refractivity contribution in [3.63, 3.8) is 0 Å². The molecule has 1 aromatic heterocycles. The summed E-state index contributed by atoms with van der Waals surface area (Å²) in [5.41, 5.74) is 1.28. The summed E-state index contributed by atoms with van der Waals surface area (Å²) in [5.74, 6) is -0.962. The molecule has 4 nitrogen and oxygen atoms in total. The van der Waals surface area contributed by atoms with Crippen molar-refractivity contribution in [1.82, 2.24) is 0 Å². The molecule has 1 aromatic carbocycles. The average molecular weight is 230 g/mol. The highest BCUT2D eigenvalue weighted by Gasteiger charge is 2.04. The maximum Gasteiger partial charge on any atom is 0.339 e. The summed E-state index contributed by atoms with van der Waals surface area (Å²) < 4.78 is 4.74. The Morgan fingerprint density at radius 3 is 2.47 bits per heavy atom. The molecule has 0 spiro atoms. The molecule has 0 unspecified atom stereocenters. The van der Waals surface area contributed by atoms with E-state index >= 15 is 0 Å². The van der Waals surface area contributed by atoms with Crippen molar-refractivity contribution in [2.45, 2.75) is 6.42 Å². The van der Waals surface area contributed by atoms with E-state index in [0.29, 0.717) is 12.0 Å². The van der Waals surface area contributed by atoms with E-state index in [0.717, 1.165) is 5.56 Å². The first-order valence-corrected chi connectivity index (χ1v) is 5.06. The minimum Gasteiger partial charge on any atom is -0.478 e. The van der Waals surface area contributed by atoms with Gasteiger partial charge in [-0.1, -0.05) is 12.1 Å². The number of hydrogen-bond acceptors (Lipinski definition) is 3. The predicted molar refractivity (Wildman–Crippen MR) is 61.2 cm³/mol. The lowest BCUT2D eigenvalue weighted by atomic mass is 10.1. The van der Waals surface area contributed by atoms with Gasteiger partial charge in [-0.2, -0.15) is 0 Å². The zero-order chi connectivity index (χ0) is 12.3. The molecule has 0 aliphatic heterocycles. The van der Waals surface area contributed by atoms with Crippen LogP contribution in [0.5, 0.6) is 0 Å². The molecule has 0 aliphatic rings. The molecule has 86 valence electrons. The van der Waals surface area contributed by atoms with Gasteiger partial charge in [-0.05, 0) is 29.8 Å². The van der Waals surface area contributed by atoms with E-state index in [1.807, 2.05) is 0 Å². The summed E-state index contributed by atoms with van der Waals surface area (Å²) in [4.78, 5) is 22.0. The third-order valence-electron chi connectivity index (χ3n) is 2.41. The fourth-order valence-corrected chi connectivity index (χ4v) is 1.52. The fourth-order valence-electron chi connectivity index (χ4n) is 1.52. The number of aromatic carboxylic acids is 1. The fraction of sp³-hybridized carbons (Fsp3) is 0.0769. The molecule has 4 heteroatoms. The van der Waals surface area contributed by atoms with Crippen molar-refractivity contribution in [2.75, 3.05) is 0 Å². The van der Waals surface area contributed by atoms with E-state index in [-0.39, 0.29) is 11.2 Å². The Hall–Kier alpha value is -2.36. The summed E-state index contributed by atoms with van der Waals surface area (Å²) in [5, 5.41) is 8.74.